The second-order valence-electron chi connectivity index (χ2n) is 10.0. The lowest BCUT2D eigenvalue weighted by molar-refractivity contribution is -0.118. The van der Waals surface area contributed by atoms with Gasteiger partial charge in [0.25, 0.3) is 5.91 Å². The van der Waals surface area contributed by atoms with Gasteiger partial charge in [-0.25, -0.2) is 0 Å². The van der Waals surface area contributed by atoms with Crippen LogP contribution in [0.25, 0.3) is 11.3 Å². The van der Waals surface area contributed by atoms with Crippen LogP contribution >= 0.6 is 11.6 Å². The van der Waals surface area contributed by atoms with E-state index < -0.39 is 0 Å². The van der Waals surface area contributed by atoms with Crippen molar-refractivity contribution < 1.29 is 14.3 Å². The third-order valence-electron chi connectivity index (χ3n) is 6.99. The lowest BCUT2D eigenvalue weighted by Crippen LogP contribution is -2.29. The minimum Gasteiger partial charge on any atom is -0.490 e. The Labute approximate surface area is 233 Å². The van der Waals surface area contributed by atoms with Crippen molar-refractivity contribution >= 4 is 57.4 Å². The van der Waals surface area contributed by atoms with Crippen molar-refractivity contribution in [3.05, 3.63) is 76.8 Å². The normalized spacial score (nSPS) is 15.3. The van der Waals surface area contributed by atoms with Crippen molar-refractivity contribution in [1.82, 2.24) is 4.90 Å². The molecule has 39 heavy (non-hydrogen) atoms. The molecular weight excluding hydrogens is 514 g/mol. The van der Waals surface area contributed by atoms with E-state index in [0.717, 1.165) is 40.5 Å². The van der Waals surface area contributed by atoms with E-state index in [9.17, 15) is 9.59 Å². The summed E-state index contributed by atoms with van der Waals surface area (Å²) in [5.74, 6) is 0.599. The first-order valence-corrected chi connectivity index (χ1v) is 13.2. The molecule has 2 N–H and O–H groups in total. The molecule has 0 aromatic heterocycles. The highest BCUT2D eigenvalue weighted by atomic mass is 35.5. The summed E-state index contributed by atoms with van der Waals surface area (Å²) in [5.41, 5.74) is 6.00. The zero-order chi connectivity index (χ0) is 27.7. The third-order valence-corrected chi connectivity index (χ3v) is 7.23. The molecule has 2 amide bonds. The molecule has 0 unspecified atom stereocenters. The van der Waals surface area contributed by atoms with Gasteiger partial charge in [-0.15, -0.1) is 0 Å². The van der Waals surface area contributed by atoms with Crippen molar-refractivity contribution in [2.45, 2.75) is 6.42 Å². The molecular formula is C30H32ClN5O3. The number of ether oxygens (including phenoxy) is 1. The van der Waals surface area contributed by atoms with Crippen molar-refractivity contribution in [3.63, 3.8) is 0 Å². The quantitative estimate of drug-likeness (QED) is 0.406. The number of anilines is 4. The monoisotopic (exact) mass is 545 g/mol. The van der Waals surface area contributed by atoms with E-state index >= 15 is 0 Å². The van der Waals surface area contributed by atoms with Crippen LogP contribution in [-0.4, -0.2) is 64.6 Å². The second kappa shape index (κ2) is 11.0. The first kappa shape index (κ1) is 26.6. The Morgan fingerprint density at radius 3 is 2.59 bits per heavy atom. The van der Waals surface area contributed by atoms with Crippen LogP contribution in [0, 0.1) is 0 Å². The molecule has 0 saturated heterocycles. The van der Waals surface area contributed by atoms with Gasteiger partial charge in [0.15, 0.2) is 0 Å². The molecule has 3 aromatic carbocycles. The van der Waals surface area contributed by atoms with Crippen LogP contribution in [0.1, 0.15) is 17.5 Å². The summed E-state index contributed by atoms with van der Waals surface area (Å²) in [7, 11) is 7.71. The van der Waals surface area contributed by atoms with Gasteiger partial charge in [-0.05, 0) is 62.6 Å². The van der Waals surface area contributed by atoms with E-state index in [1.54, 1.807) is 24.1 Å². The fraction of sp³-hybridized carbons (Fsp3) is 0.267. The van der Waals surface area contributed by atoms with E-state index in [0.29, 0.717) is 41.6 Å². The van der Waals surface area contributed by atoms with E-state index in [1.165, 1.54) is 0 Å². The number of halogens is 1. The Morgan fingerprint density at radius 1 is 1.08 bits per heavy atom. The standard InChI is InChI=1S/C30H32ClN5O3/c1-34(2)14-13-27(37)36(4)22-9-7-21(8-10-22)32-29(19-5-12-25-26(17-19)39-16-15-35(25)3)28-23-11-6-20(31)18-24(23)33-30(28)38/h5-12,17-18,32H,13-16H2,1-4H3,(H,33,38). The van der Waals surface area contributed by atoms with E-state index in [4.69, 9.17) is 16.3 Å². The molecule has 0 atom stereocenters. The Morgan fingerprint density at radius 2 is 1.85 bits per heavy atom. The lowest BCUT2D eigenvalue weighted by Gasteiger charge is -2.28. The van der Waals surface area contributed by atoms with Gasteiger partial charge in [0.1, 0.15) is 12.4 Å². The van der Waals surface area contributed by atoms with Crippen LogP contribution in [0.4, 0.5) is 22.7 Å². The minimum atomic E-state index is -0.214. The van der Waals surface area contributed by atoms with Crippen LogP contribution in [0.15, 0.2) is 60.7 Å². The van der Waals surface area contributed by atoms with Crippen molar-refractivity contribution in [1.29, 1.82) is 0 Å². The number of rotatable bonds is 7. The van der Waals surface area contributed by atoms with Gasteiger partial charge in [0.2, 0.25) is 5.91 Å². The van der Waals surface area contributed by atoms with Crippen molar-refractivity contribution in [2.24, 2.45) is 0 Å². The molecule has 8 nitrogen and oxygen atoms in total. The molecule has 0 bridgehead atoms. The fourth-order valence-electron chi connectivity index (χ4n) is 4.73. The van der Waals surface area contributed by atoms with Gasteiger partial charge >= 0.3 is 0 Å². The molecule has 3 aromatic rings. The summed E-state index contributed by atoms with van der Waals surface area (Å²) >= 11 is 6.20. The van der Waals surface area contributed by atoms with Crippen LogP contribution < -0.4 is 25.2 Å². The number of fused-ring (bicyclic) bond motifs is 2. The number of hydrogen-bond acceptors (Lipinski definition) is 6. The van der Waals surface area contributed by atoms with E-state index in [1.807, 2.05) is 74.6 Å². The molecule has 9 heteroatoms. The Bertz CT molecular complexity index is 1450. The highest BCUT2D eigenvalue weighted by Crippen LogP contribution is 2.41. The van der Waals surface area contributed by atoms with Gasteiger partial charge in [0, 0.05) is 54.6 Å². The molecule has 2 heterocycles. The predicted molar refractivity (Wildman–Crippen MR) is 159 cm³/mol. The third kappa shape index (κ3) is 5.57. The molecule has 5 rings (SSSR count). The van der Waals surface area contributed by atoms with Gasteiger partial charge < -0.3 is 30.1 Å². The fourth-order valence-corrected chi connectivity index (χ4v) is 4.90. The Hall–Kier alpha value is -4.01. The van der Waals surface area contributed by atoms with E-state index in [2.05, 4.69) is 15.5 Å². The molecule has 0 radical (unpaired) electrons. The van der Waals surface area contributed by atoms with Gasteiger partial charge in [-0.1, -0.05) is 23.7 Å². The predicted octanol–water partition coefficient (Wildman–Crippen LogP) is 5.02. The Kier molecular flexibility index (Phi) is 7.50. The highest BCUT2D eigenvalue weighted by molar-refractivity contribution is 6.38. The maximum Gasteiger partial charge on any atom is 0.258 e. The number of carbonyl (C=O) groups is 2. The number of nitrogens with zero attached hydrogens (tertiary/aromatic N) is 3. The molecule has 0 spiro atoms. The molecule has 202 valence electrons. The summed E-state index contributed by atoms with van der Waals surface area (Å²) in [6.45, 7) is 2.10. The summed E-state index contributed by atoms with van der Waals surface area (Å²) < 4.78 is 5.96. The summed E-state index contributed by atoms with van der Waals surface area (Å²) in [6, 6.07) is 19.0. The zero-order valence-corrected chi connectivity index (χ0v) is 23.3. The zero-order valence-electron chi connectivity index (χ0n) is 22.5. The van der Waals surface area contributed by atoms with Crippen LogP contribution in [0.2, 0.25) is 5.02 Å². The Balaban J connectivity index is 1.51. The van der Waals surface area contributed by atoms with Crippen LogP contribution in [0.5, 0.6) is 5.75 Å². The van der Waals surface area contributed by atoms with Crippen LogP contribution in [0.3, 0.4) is 0 Å². The SMILES string of the molecule is CN(C)CCC(=O)N(C)c1ccc(NC(=C2C(=O)Nc3cc(Cl)ccc32)c2ccc3c(c2)OCCN3C)cc1. The first-order chi connectivity index (χ1) is 18.7. The summed E-state index contributed by atoms with van der Waals surface area (Å²) in [6.07, 6.45) is 0.438. The number of benzene rings is 3. The van der Waals surface area contributed by atoms with E-state index in [-0.39, 0.29) is 11.8 Å². The number of amides is 2. The molecule has 0 aliphatic carbocycles. The molecule has 0 fully saturated rings. The maximum absolute atomic E-state index is 13.3. The summed E-state index contributed by atoms with van der Waals surface area (Å²) in [4.78, 5) is 31.7. The number of carbonyl (C=O) groups excluding carboxylic acids is 2. The maximum atomic E-state index is 13.3. The first-order valence-electron chi connectivity index (χ1n) is 12.8. The second-order valence-corrected chi connectivity index (χ2v) is 10.5. The van der Waals surface area contributed by atoms with Crippen molar-refractivity contribution in [2.75, 3.05) is 68.3 Å². The number of nitrogens with one attached hydrogen (secondary N) is 2. The summed E-state index contributed by atoms with van der Waals surface area (Å²) in [5, 5.41) is 6.98. The smallest absolute Gasteiger partial charge is 0.258 e. The largest absolute Gasteiger partial charge is 0.490 e. The molecule has 0 saturated carbocycles. The van der Waals surface area contributed by atoms with Crippen LogP contribution in [-0.2, 0) is 9.59 Å². The molecule has 2 aliphatic rings. The number of likely N-dealkylation sites (N-methyl/N-ethyl adjacent to an activating group) is 1. The van der Waals surface area contributed by atoms with Crippen molar-refractivity contribution in [3.8, 4) is 5.75 Å². The van der Waals surface area contributed by atoms with Gasteiger partial charge in [-0.3, -0.25) is 9.59 Å². The lowest BCUT2D eigenvalue weighted by atomic mass is 9.99. The van der Waals surface area contributed by atoms with Gasteiger partial charge in [0.05, 0.1) is 29.2 Å². The highest BCUT2D eigenvalue weighted by Gasteiger charge is 2.29. The minimum absolute atomic E-state index is 0.0455. The topological polar surface area (TPSA) is 77.2 Å². The number of hydrogen-bond donors (Lipinski definition) is 2. The molecule has 2 aliphatic heterocycles. The average molecular weight is 546 g/mol. The average Bonchev–Trinajstić information content (AvgIpc) is 3.24. The van der Waals surface area contributed by atoms with Gasteiger partial charge in [-0.2, -0.15) is 0 Å².